The van der Waals surface area contributed by atoms with Gasteiger partial charge in [0.25, 0.3) is 0 Å². The topological polar surface area (TPSA) is 201 Å². The Kier molecular flexibility index (Phi) is 42.8. The van der Waals surface area contributed by atoms with Crippen LogP contribution in [0.25, 0.3) is 0 Å². The quantitative estimate of drug-likeness (QED) is 0.124. The van der Waals surface area contributed by atoms with Gasteiger partial charge in [0.05, 0.1) is 12.6 Å². The van der Waals surface area contributed by atoms with Gasteiger partial charge in [-0.2, -0.15) is 0 Å². The largest absolute Gasteiger partial charge is 0.445 e. The SMILES string of the molecule is C=C.CC.CC(C)CCC(=O)NC(C=O)C(C)C.CCCNC(N)=O.CNCC(=O)Nc1ccc(COC(=O)NC)cc1.CO. The molecule has 5 amide bonds. The fourth-order valence-electron chi connectivity index (χ4n) is 2.55. The van der Waals surface area contributed by atoms with Gasteiger partial charge in [0.1, 0.15) is 12.9 Å². The minimum Gasteiger partial charge on any atom is -0.445 e. The van der Waals surface area contributed by atoms with E-state index in [9.17, 15) is 24.0 Å². The van der Waals surface area contributed by atoms with Gasteiger partial charge in [0.2, 0.25) is 11.8 Å². The van der Waals surface area contributed by atoms with Crippen molar-refractivity contribution in [2.75, 3.05) is 39.6 Å². The van der Waals surface area contributed by atoms with Gasteiger partial charge in [-0.1, -0.05) is 60.6 Å². The van der Waals surface area contributed by atoms with E-state index in [1.807, 2.05) is 34.6 Å². The van der Waals surface area contributed by atoms with Crippen molar-refractivity contribution in [3.05, 3.63) is 43.0 Å². The van der Waals surface area contributed by atoms with Crippen LogP contribution in [0.3, 0.4) is 0 Å². The molecular formula is C32H62N6O7. The summed E-state index contributed by atoms with van der Waals surface area (Å²) in [7, 11) is 4.21. The van der Waals surface area contributed by atoms with E-state index < -0.39 is 12.1 Å². The van der Waals surface area contributed by atoms with Crippen molar-refractivity contribution in [1.29, 1.82) is 0 Å². The summed E-state index contributed by atoms with van der Waals surface area (Å²) in [6, 6.07) is 6.32. The van der Waals surface area contributed by atoms with Crippen LogP contribution in [0.2, 0.25) is 0 Å². The first-order valence-electron chi connectivity index (χ1n) is 15.0. The molecule has 0 saturated heterocycles. The molecule has 0 heterocycles. The number of aldehydes is 1. The second-order valence-electron chi connectivity index (χ2n) is 9.30. The van der Waals surface area contributed by atoms with Crippen molar-refractivity contribution in [2.24, 2.45) is 17.6 Å². The average molecular weight is 643 g/mol. The first-order chi connectivity index (χ1) is 21.4. The Hall–Kier alpha value is -3.97. The van der Waals surface area contributed by atoms with Crippen molar-refractivity contribution in [2.45, 2.75) is 80.4 Å². The third kappa shape index (κ3) is 38.0. The zero-order valence-corrected chi connectivity index (χ0v) is 29.2. The molecule has 0 fully saturated rings. The fourth-order valence-corrected chi connectivity index (χ4v) is 2.55. The normalized spacial score (nSPS) is 9.53. The summed E-state index contributed by atoms with van der Waals surface area (Å²) in [5.74, 6) is 0.557. The highest BCUT2D eigenvalue weighted by Crippen LogP contribution is 2.10. The highest BCUT2D eigenvalue weighted by atomic mass is 16.5. The molecule has 262 valence electrons. The van der Waals surface area contributed by atoms with Gasteiger partial charge in [0, 0.05) is 32.8 Å². The van der Waals surface area contributed by atoms with E-state index in [-0.39, 0.29) is 36.9 Å². The highest BCUT2D eigenvalue weighted by molar-refractivity contribution is 5.92. The summed E-state index contributed by atoms with van der Waals surface area (Å²) in [6.45, 7) is 21.1. The molecule has 0 aliphatic rings. The molecule has 1 aromatic carbocycles. The number of anilines is 1. The minimum atomic E-state index is -0.471. The van der Waals surface area contributed by atoms with Crippen molar-refractivity contribution in [3.8, 4) is 0 Å². The number of rotatable bonds is 13. The van der Waals surface area contributed by atoms with Gasteiger partial charge in [-0.05, 0) is 49.4 Å². The maximum absolute atomic E-state index is 11.4. The van der Waals surface area contributed by atoms with Crippen LogP contribution in [0.4, 0.5) is 15.3 Å². The molecule has 1 rings (SSSR count). The lowest BCUT2D eigenvalue weighted by atomic mass is 10.0. The van der Waals surface area contributed by atoms with Gasteiger partial charge in [0.15, 0.2) is 0 Å². The van der Waals surface area contributed by atoms with E-state index in [0.717, 1.165) is 31.8 Å². The number of amides is 5. The Morgan fingerprint density at radius 3 is 1.87 bits per heavy atom. The maximum atomic E-state index is 11.4. The number of aliphatic hydroxyl groups is 1. The van der Waals surface area contributed by atoms with Crippen LogP contribution in [0, 0.1) is 11.8 Å². The van der Waals surface area contributed by atoms with E-state index in [4.69, 9.17) is 15.6 Å². The fraction of sp³-hybridized carbons (Fsp3) is 0.594. The highest BCUT2D eigenvalue weighted by Gasteiger charge is 2.14. The maximum Gasteiger partial charge on any atom is 0.407 e. The smallest absolute Gasteiger partial charge is 0.407 e. The molecule has 45 heavy (non-hydrogen) atoms. The standard InChI is InChI=1S/C12H17N3O3.C11H21NO2.C4H10N2O.C2H6.C2H4.CH4O/c1-13-7-11(16)15-10-5-3-9(4-6-10)8-18-12(17)14-2;1-8(2)5-6-11(14)12-10(7-13)9(3)4;1-2-3-6-4(5)7;3*1-2/h3-6,13H,7-8H2,1-2H3,(H,14,17)(H,15,16);7-10H,5-6H2,1-4H3,(H,12,14);2-3H2,1H3,(H3,5,6,7);1-2H3;1-2H2;2H,1H3. The number of likely N-dealkylation sites (N-methyl/N-ethyl adjacent to an activating group) is 1. The number of benzene rings is 1. The van der Waals surface area contributed by atoms with Crippen molar-refractivity contribution in [1.82, 2.24) is 21.3 Å². The van der Waals surface area contributed by atoms with Gasteiger partial charge >= 0.3 is 12.1 Å². The number of nitrogens with one attached hydrogen (secondary N) is 5. The number of ether oxygens (including phenoxy) is 1. The summed E-state index contributed by atoms with van der Waals surface area (Å²) in [4.78, 5) is 54.0. The molecule has 1 atom stereocenters. The molecule has 13 nitrogen and oxygen atoms in total. The molecule has 0 aliphatic carbocycles. The molecule has 13 heteroatoms. The van der Waals surface area contributed by atoms with Gasteiger partial charge in [-0.25, -0.2) is 9.59 Å². The molecule has 8 N–H and O–H groups in total. The van der Waals surface area contributed by atoms with Crippen molar-refractivity contribution < 1.29 is 33.8 Å². The van der Waals surface area contributed by atoms with E-state index in [2.05, 4.69) is 53.6 Å². The first kappa shape index (κ1) is 50.6. The summed E-state index contributed by atoms with van der Waals surface area (Å²) < 4.78 is 4.89. The lowest BCUT2D eigenvalue weighted by molar-refractivity contribution is -0.124. The number of carbonyl (C=O) groups is 5. The van der Waals surface area contributed by atoms with E-state index in [0.29, 0.717) is 24.6 Å². The Morgan fingerprint density at radius 1 is 0.978 bits per heavy atom. The number of hydrogen-bond acceptors (Lipinski definition) is 8. The van der Waals surface area contributed by atoms with Crippen LogP contribution in [-0.2, 0) is 25.7 Å². The third-order valence-corrected chi connectivity index (χ3v) is 4.84. The zero-order chi connectivity index (χ0) is 36.2. The van der Waals surface area contributed by atoms with E-state index in [1.165, 1.54) is 7.05 Å². The summed E-state index contributed by atoms with van der Waals surface area (Å²) in [6.07, 6.45) is 2.65. The zero-order valence-electron chi connectivity index (χ0n) is 29.2. The second kappa shape index (κ2) is 38.1. The molecule has 0 spiro atoms. The van der Waals surface area contributed by atoms with Crippen LogP contribution in [0.1, 0.15) is 73.3 Å². The summed E-state index contributed by atoms with van der Waals surface area (Å²) in [5, 5.41) is 20.0. The Morgan fingerprint density at radius 2 is 1.51 bits per heavy atom. The van der Waals surface area contributed by atoms with E-state index >= 15 is 0 Å². The molecule has 0 saturated carbocycles. The van der Waals surface area contributed by atoms with Gasteiger partial charge in [-0.15, -0.1) is 13.2 Å². The third-order valence-electron chi connectivity index (χ3n) is 4.84. The number of alkyl carbamates (subject to hydrolysis) is 1. The van der Waals surface area contributed by atoms with Crippen molar-refractivity contribution >= 4 is 35.9 Å². The van der Waals surface area contributed by atoms with Crippen LogP contribution in [0.15, 0.2) is 37.4 Å². The van der Waals surface area contributed by atoms with Crippen LogP contribution in [-0.4, -0.2) is 75.7 Å². The molecule has 0 bridgehead atoms. The van der Waals surface area contributed by atoms with Gasteiger partial charge in [-0.3, -0.25) is 9.59 Å². The first-order valence-corrected chi connectivity index (χ1v) is 15.0. The van der Waals surface area contributed by atoms with Gasteiger partial charge < -0.3 is 47.0 Å². The summed E-state index contributed by atoms with van der Waals surface area (Å²) >= 11 is 0. The monoisotopic (exact) mass is 642 g/mol. The predicted octanol–water partition coefficient (Wildman–Crippen LogP) is 3.96. The number of hydrogen-bond donors (Lipinski definition) is 7. The number of carbonyl (C=O) groups excluding carboxylic acids is 5. The van der Waals surface area contributed by atoms with E-state index in [1.54, 1.807) is 31.3 Å². The predicted molar refractivity (Wildman–Crippen MR) is 184 cm³/mol. The molecule has 1 unspecified atom stereocenters. The second-order valence-corrected chi connectivity index (χ2v) is 9.30. The lowest BCUT2D eigenvalue weighted by Gasteiger charge is -2.16. The number of primary amides is 1. The average Bonchev–Trinajstić information content (AvgIpc) is 3.04. The Balaban J connectivity index is -0.000000175. The number of urea groups is 1. The van der Waals surface area contributed by atoms with Crippen LogP contribution in [0.5, 0.6) is 0 Å². The number of nitrogens with two attached hydrogens (primary N) is 1. The molecule has 0 aromatic heterocycles. The lowest BCUT2D eigenvalue weighted by Crippen LogP contribution is -2.39. The molecule has 1 aromatic rings. The van der Waals surface area contributed by atoms with Crippen molar-refractivity contribution in [3.63, 3.8) is 0 Å². The summed E-state index contributed by atoms with van der Waals surface area (Å²) in [5.41, 5.74) is 6.29. The Bertz CT molecular complexity index is 866. The molecule has 0 aliphatic heterocycles. The Labute approximate surface area is 271 Å². The molecule has 0 radical (unpaired) electrons. The van der Waals surface area contributed by atoms with Crippen LogP contribution < -0.4 is 32.3 Å². The van der Waals surface area contributed by atoms with Crippen LogP contribution >= 0.6 is 0 Å². The minimum absolute atomic E-state index is 0.0236. The molecular weight excluding hydrogens is 580 g/mol. The number of aliphatic hydroxyl groups excluding tert-OH is 1.